The van der Waals surface area contributed by atoms with E-state index < -0.39 is 0 Å². The first-order valence-electron chi connectivity index (χ1n) is 4.13. The van der Waals surface area contributed by atoms with Crippen molar-refractivity contribution in [1.29, 1.82) is 0 Å². The zero-order valence-electron chi connectivity index (χ0n) is 7.72. The van der Waals surface area contributed by atoms with Crippen LogP contribution in [0.3, 0.4) is 0 Å². The highest BCUT2D eigenvalue weighted by Gasteiger charge is 1.92. The number of anilines is 1. The van der Waals surface area contributed by atoms with Gasteiger partial charge in [0.15, 0.2) is 0 Å². The molecule has 0 aliphatic rings. The van der Waals surface area contributed by atoms with E-state index in [1.807, 2.05) is 14.0 Å². The molecule has 12 heavy (non-hydrogen) atoms. The van der Waals surface area contributed by atoms with Gasteiger partial charge in [0.25, 0.3) is 0 Å². The van der Waals surface area contributed by atoms with Crippen LogP contribution in [0.5, 0.6) is 0 Å². The molecule has 0 heterocycles. The van der Waals surface area contributed by atoms with Crippen LogP contribution in [0, 0.1) is 0 Å². The number of benzene rings is 1. The van der Waals surface area contributed by atoms with E-state index in [0.29, 0.717) is 0 Å². The third-order valence-corrected chi connectivity index (χ3v) is 1.75. The smallest absolute Gasteiger partial charge is 0.0337 e. The molecule has 1 heteroatoms. The number of hydrogen-bond acceptors (Lipinski definition) is 1. The van der Waals surface area contributed by atoms with Crippen molar-refractivity contribution in [2.45, 2.75) is 13.3 Å². The van der Waals surface area contributed by atoms with E-state index >= 15 is 0 Å². The third-order valence-electron chi connectivity index (χ3n) is 1.75. The van der Waals surface area contributed by atoms with Gasteiger partial charge in [-0.05, 0) is 31.0 Å². The maximum absolute atomic E-state index is 3.88. The highest BCUT2D eigenvalue weighted by Crippen LogP contribution is 2.11. The van der Waals surface area contributed by atoms with Crippen LogP contribution >= 0.6 is 0 Å². The Morgan fingerprint density at radius 2 is 1.92 bits per heavy atom. The zero-order chi connectivity index (χ0) is 8.97. The summed E-state index contributed by atoms with van der Waals surface area (Å²) < 4.78 is 0. The second kappa shape index (κ2) is 3.96. The Bertz CT molecular complexity index is 259. The van der Waals surface area contributed by atoms with E-state index in [-0.39, 0.29) is 0 Å². The summed E-state index contributed by atoms with van der Waals surface area (Å²) in [6.45, 7) is 5.92. The number of nitrogens with one attached hydrogen (secondary N) is 1. The molecular formula is C11H15N. The predicted molar refractivity (Wildman–Crippen MR) is 54.5 cm³/mol. The summed E-state index contributed by atoms with van der Waals surface area (Å²) in [5.74, 6) is 0. The molecule has 64 valence electrons. The Morgan fingerprint density at radius 3 is 2.33 bits per heavy atom. The molecule has 0 saturated heterocycles. The van der Waals surface area contributed by atoms with Crippen molar-refractivity contribution in [3.05, 3.63) is 42.0 Å². The first-order valence-corrected chi connectivity index (χ1v) is 4.13. The highest BCUT2D eigenvalue weighted by atomic mass is 14.8. The first-order chi connectivity index (χ1) is 5.72. The lowest BCUT2D eigenvalue weighted by Gasteiger charge is -2.02. The molecule has 0 aromatic heterocycles. The van der Waals surface area contributed by atoms with Crippen molar-refractivity contribution in [3.8, 4) is 0 Å². The summed E-state index contributed by atoms with van der Waals surface area (Å²) in [6.07, 6.45) is 0.976. The second-order valence-electron chi connectivity index (χ2n) is 3.08. The molecule has 0 saturated carbocycles. The molecule has 0 bridgehead atoms. The van der Waals surface area contributed by atoms with Gasteiger partial charge in [-0.1, -0.05) is 24.3 Å². The van der Waals surface area contributed by atoms with Crippen molar-refractivity contribution >= 4 is 5.69 Å². The van der Waals surface area contributed by atoms with Crippen molar-refractivity contribution < 1.29 is 0 Å². The van der Waals surface area contributed by atoms with Gasteiger partial charge < -0.3 is 5.32 Å². The second-order valence-corrected chi connectivity index (χ2v) is 3.08. The van der Waals surface area contributed by atoms with Crippen LogP contribution in [0.15, 0.2) is 36.4 Å². The Hall–Kier alpha value is -1.24. The number of hydrogen-bond donors (Lipinski definition) is 1. The fraction of sp³-hybridized carbons (Fsp3) is 0.273. The molecule has 0 spiro atoms. The Labute approximate surface area is 74.1 Å². The molecule has 0 aliphatic carbocycles. The van der Waals surface area contributed by atoms with Crippen molar-refractivity contribution in [1.82, 2.24) is 0 Å². The molecule has 1 N–H and O–H groups in total. The van der Waals surface area contributed by atoms with Gasteiger partial charge in [-0.25, -0.2) is 0 Å². The van der Waals surface area contributed by atoms with Gasteiger partial charge >= 0.3 is 0 Å². The average Bonchev–Trinajstić information content (AvgIpc) is 2.05. The molecule has 0 fully saturated rings. The molecule has 1 aromatic carbocycles. The van der Waals surface area contributed by atoms with Crippen molar-refractivity contribution in [2.75, 3.05) is 12.4 Å². The lowest BCUT2D eigenvalue weighted by Crippen LogP contribution is -1.89. The topological polar surface area (TPSA) is 12.0 Å². The molecule has 0 aliphatic heterocycles. The van der Waals surface area contributed by atoms with Gasteiger partial charge in [0.2, 0.25) is 0 Å². The van der Waals surface area contributed by atoms with E-state index in [2.05, 4.69) is 36.2 Å². The third kappa shape index (κ3) is 2.42. The standard InChI is InChI=1S/C11H15N/c1-9(2)8-10-4-6-11(12-3)7-5-10/h4-7,12H,1,8H2,2-3H3. The Morgan fingerprint density at radius 1 is 1.33 bits per heavy atom. The van der Waals surface area contributed by atoms with Crippen LogP contribution in [-0.4, -0.2) is 7.05 Å². The minimum atomic E-state index is 0.976. The maximum atomic E-state index is 3.88. The van der Waals surface area contributed by atoms with Crippen molar-refractivity contribution in [2.24, 2.45) is 0 Å². The van der Waals surface area contributed by atoms with Gasteiger partial charge in [-0.15, -0.1) is 0 Å². The normalized spacial score (nSPS) is 9.50. The summed E-state index contributed by atoms with van der Waals surface area (Å²) in [5.41, 5.74) is 3.68. The van der Waals surface area contributed by atoms with Crippen LogP contribution in [0.1, 0.15) is 12.5 Å². The maximum Gasteiger partial charge on any atom is 0.0337 e. The van der Waals surface area contributed by atoms with E-state index in [1.54, 1.807) is 0 Å². The molecule has 0 unspecified atom stereocenters. The van der Waals surface area contributed by atoms with Crippen LogP contribution in [0.25, 0.3) is 0 Å². The van der Waals surface area contributed by atoms with Crippen LogP contribution in [-0.2, 0) is 6.42 Å². The minimum absolute atomic E-state index is 0.976. The lowest BCUT2D eigenvalue weighted by molar-refractivity contribution is 1.15. The van der Waals surface area contributed by atoms with Gasteiger partial charge in [-0.2, -0.15) is 0 Å². The fourth-order valence-electron chi connectivity index (χ4n) is 1.14. The highest BCUT2D eigenvalue weighted by molar-refractivity contribution is 5.44. The molecule has 0 radical (unpaired) electrons. The fourth-order valence-corrected chi connectivity index (χ4v) is 1.14. The van der Waals surface area contributed by atoms with Gasteiger partial charge in [-0.3, -0.25) is 0 Å². The van der Waals surface area contributed by atoms with Crippen LogP contribution in [0.4, 0.5) is 5.69 Å². The van der Waals surface area contributed by atoms with Gasteiger partial charge in [0.05, 0.1) is 0 Å². The summed E-state index contributed by atoms with van der Waals surface area (Å²) in [5, 5.41) is 3.09. The van der Waals surface area contributed by atoms with Crippen LogP contribution in [0.2, 0.25) is 0 Å². The molecule has 1 rings (SSSR count). The summed E-state index contributed by atoms with van der Waals surface area (Å²) >= 11 is 0. The summed E-state index contributed by atoms with van der Waals surface area (Å²) in [7, 11) is 1.92. The Balaban J connectivity index is 2.71. The number of allylic oxidation sites excluding steroid dienone is 1. The molecule has 0 atom stereocenters. The minimum Gasteiger partial charge on any atom is -0.388 e. The van der Waals surface area contributed by atoms with E-state index in [4.69, 9.17) is 0 Å². The average molecular weight is 161 g/mol. The lowest BCUT2D eigenvalue weighted by atomic mass is 10.1. The predicted octanol–water partition coefficient (Wildman–Crippen LogP) is 2.85. The number of rotatable bonds is 3. The SMILES string of the molecule is C=C(C)Cc1ccc(NC)cc1. The summed E-state index contributed by atoms with van der Waals surface area (Å²) in [4.78, 5) is 0. The van der Waals surface area contributed by atoms with Crippen molar-refractivity contribution in [3.63, 3.8) is 0 Å². The largest absolute Gasteiger partial charge is 0.388 e. The van der Waals surface area contributed by atoms with E-state index in [9.17, 15) is 0 Å². The van der Waals surface area contributed by atoms with Gasteiger partial charge in [0.1, 0.15) is 0 Å². The first kappa shape index (κ1) is 8.85. The molecule has 0 amide bonds. The molecular weight excluding hydrogens is 146 g/mol. The quantitative estimate of drug-likeness (QED) is 0.672. The van der Waals surface area contributed by atoms with Crippen LogP contribution < -0.4 is 5.32 Å². The van der Waals surface area contributed by atoms with E-state index in [0.717, 1.165) is 12.1 Å². The summed E-state index contributed by atoms with van der Waals surface area (Å²) in [6, 6.07) is 8.41. The van der Waals surface area contributed by atoms with E-state index in [1.165, 1.54) is 11.1 Å². The molecule has 1 aromatic rings. The zero-order valence-corrected chi connectivity index (χ0v) is 7.72. The monoisotopic (exact) mass is 161 g/mol. The Kier molecular flexibility index (Phi) is 2.92. The molecule has 1 nitrogen and oxygen atoms in total. The van der Waals surface area contributed by atoms with Gasteiger partial charge in [0, 0.05) is 12.7 Å².